The molecule has 0 aliphatic carbocycles. The zero-order valence-corrected chi connectivity index (χ0v) is 12.3. The van der Waals surface area contributed by atoms with Gasteiger partial charge in [0.1, 0.15) is 5.75 Å². The molecule has 7 nitrogen and oxygen atoms in total. The van der Waals surface area contributed by atoms with Gasteiger partial charge in [-0.05, 0) is 18.2 Å². The molecule has 0 unspecified atom stereocenters. The molecule has 118 valence electrons. The Morgan fingerprint density at radius 1 is 1.26 bits per heavy atom. The predicted octanol–water partition coefficient (Wildman–Crippen LogP) is 2.45. The average molecular weight is 314 g/mol. The molecule has 0 N–H and O–H groups in total. The lowest BCUT2D eigenvalue weighted by molar-refractivity contribution is -0.384. The van der Waals surface area contributed by atoms with Crippen molar-refractivity contribution in [1.29, 1.82) is 0 Å². The van der Waals surface area contributed by atoms with Gasteiger partial charge in [-0.1, -0.05) is 18.2 Å². The fraction of sp³-hybridized carbons (Fsp3) is 0.125. The van der Waals surface area contributed by atoms with E-state index in [0.717, 1.165) is 6.07 Å². The molecular formula is C16H14N2O5. The molecule has 2 aromatic rings. The first-order chi connectivity index (χ1) is 11.0. The number of benzene rings is 2. The third kappa shape index (κ3) is 3.91. The van der Waals surface area contributed by atoms with E-state index < -0.39 is 4.92 Å². The molecule has 0 aromatic heterocycles. The second-order valence-electron chi connectivity index (χ2n) is 4.67. The first kappa shape index (κ1) is 16.2. The molecular weight excluding hydrogens is 300 g/mol. The summed E-state index contributed by atoms with van der Waals surface area (Å²) < 4.78 is 5.32. The van der Waals surface area contributed by atoms with Gasteiger partial charge in [-0.15, -0.1) is 0 Å². The van der Waals surface area contributed by atoms with Gasteiger partial charge < -0.3 is 9.64 Å². The van der Waals surface area contributed by atoms with Crippen molar-refractivity contribution in [2.24, 2.45) is 0 Å². The standard InChI is InChI=1S/C16H14N2O5/c1-17(13-5-3-2-4-6-13)16(20)11-23-15-8-7-14(18(21)22)9-12(15)10-19/h2-10H,11H2,1H3. The number of non-ortho nitro benzene ring substituents is 1. The maximum Gasteiger partial charge on any atom is 0.270 e. The molecule has 0 saturated carbocycles. The van der Waals surface area contributed by atoms with E-state index in [2.05, 4.69) is 0 Å². The number of amides is 1. The molecule has 0 radical (unpaired) electrons. The number of nitro groups is 1. The fourth-order valence-electron chi connectivity index (χ4n) is 1.90. The topological polar surface area (TPSA) is 89.8 Å². The van der Waals surface area contributed by atoms with Crippen LogP contribution in [-0.4, -0.2) is 30.8 Å². The molecule has 2 rings (SSSR count). The Kier molecular flexibility index (Phi) is 5.03. The molecule has 0 saturated heterocycles. The van der Waals surface area contributed by atoms with Gasteiger partial charge >= 0.3 is 0 Å². The zero-order valence-electron chi connectivity index (χ0n) is 12.3. The van der Waals surface area contributed by atoms with Crippen LogP contribution in [0.4, 0.5) is 11.4 Å². The van der Waals surface area contributed by atoms with Crippen LogP contribution >= 0.6 is 0 Å². The van der Waals surface area contributed by atoms with E-state index in [-0.39, 0.29) is 29.5 Å². The lowest BCUT2D eigenvalue weighted by Crippen LogP contribution is -2.31. The molecule has 1 amide bonds. The van der Waals surface area contributed by atoms with Gasteiger partial charge in [0.15, 0.2) is 12.9 Å². The highest BCUT2D eigenvalue weighted by Gasteiger charge is 2.15. The molecule has 0 bridgehead atoms. The maximum atomic E-state index is 12.1. The van der Waals surface area contributed by atoms with Crippen molar-refractivity contribution in [3.8, 4) is 5.75 Å². The Hall–Kier alpha value is -3.22. The average Bonchev–Trinajstić information content (AvgIpc) is 2.59. The van der Waals surface area contributed by atoms with Crippen molar-refractivity contribution in [2.75, 3.05) is 18.6 Å². The minimum Gasteiger partial charge on any atom is -0.483 e. The molecule has 2 aromatic carbocycles. The van der Waals surface area contributed by atoms with E-state index in [9.17, 15) is 19.7 Å². The Morgan fingerprint density at radius 2 is 1.96 bits per heavy atom. The van der Waals surface area contributed by atoms with Crippen LogP contribution in [0.3, 0.4) is 0 Å². The second kappa shape index (κ2) is 7.17. The summed E-state index contributed by atoms with van der Waals surface area (Å²) in [5.74, 6) is -0.188. The van der Waals surface area contributed by atoms with E-state index in [1.807, 2.05) is 6.07 Å². The molecule has 7 heteroatoms. The summed E-state index contributed by atoms with van der Waals surface area (Å²) in [5.41, 5.74) is 0.516. The fourth-order valence-corrected chi connectivity index (χ4v) is 1.90. The minimum atomic E-state index is -0.606. The van der Waals surface area contributed by atoms with Crippen molar-refractivity contribution in [3.05, 3.63) is 64.2 Å². The lowest BCUT2D eigenvalue weighted by Gasteiger charge is -2.17. The third-order valence-electron chi connectivity index (χ3n) is 3.20. The molecule has 0 aliphatic rings. The quantitative estimate of drug-likeness (QED) is 0.464. The third-order valence-corrected chi connectivity index (χ3v) is 3.20. The van der Waals surface area contributed by atoms with Crippen LogP contribution in [0.25, 0.3) is 0 Å². The number of hydrogen-bond acceptors (Lipinski definition) is 5. The number of para-hydroxylation sites is 1. The maximum absolute atomic E-state index is 12.1. The van der Waals surface area contributed by atoms with Crippen molar-refractivity contribution in [2.45, 2.75) is 0 Å². The van der Waals surface area contributed by atoms with Crippen molar-refractivity contribution in [3.63, 3.8) is 0 Å². The van der Waals surface area contributed by atoms with Crippen LogP contribution in [0.15, 0.2) is 48.5 Å². The Morgan fingerprint density at radius 3 is 2.57 bits per heavy atom. The number of rotatable bonds is 6. The summed E-state index contributed by atoms with van der Waals surface area (Å²) in [7, 11) is 1.61. The molecule has 0 heterocycles. The van der Waals surface area contributed by atoms with Crippen LogP contribution in [0.1, 0.15) is 10.4 Å². The van der Waals surface area contributed by atoms with Gasteiger partial charge in [0, 0.05) is 24.9 Å². The summed E-state index contributed by atoms with van der Waals surface area (Å²) in [6.07, 6.45) is 0.452. The number of nitrogens with zero attached hydrogens (tertiary/aromatic N) is 2. The largest absolute Gasteiger partial charge is 0.483 e. The van der Waals surface area contributed by atoms with E-state index >= 15 is 0 Å². The molecule has 0 fully saturated rings. The minimum absolute atomic E-state index is 0.0226. The van der Waals surface area contributed by atoms with Gasteiger partial charge in [-0.2, -0.15) is 0 Å². The number of anilines is 1. The second-order valence-corrected chi connectivity index (χ2v) is 4.67. The van der Waals surface area contributed by atoms with Crippen LogP contribution in [0.2, 0.25) is 0 Å². The van der Waals surface area contributed by atoms with E-state index in [4.69, 9.17) is 4.74 Å². The van der Waals surface area contributed by atoms with Gasteiger partial charge in [-0.25, -0.2) is 0 Å². The van der Waals surface area contributed by atoms with E-state index in [1.165, 1.54) is 17.0 Å². The van der Waals surface area contributed by atoms with Crippen LogP contribution < -0.4 is 9.64 Å². The molecule has 23 heavy (non-hydrogen) atoms. The zero-order chi connectivity index (χ0) is 16.8. The van der Waals surface area contributed by atoms with Crippen LogP contribution in [0, 0.1) is 10.1 Å². The normalized spacial score (nSPS) is 9.96. The van der Waals surface area contributed by atoms with Crippen LogP contribution in [-0.2, 0) is 4.79 Å². The molecule has 0 aliphatic heterocycles. The Labute approximate surface area is 132 Å². The highest BCUT2D eigenvalue weighted by atomic mass is 16.6. The Bertz CT molecular complexity index is 731. The van der Waals surface area contributed by atoms with Crippen molar-refractivity contribution < 1.29 is 19.2 Å². The lowest BCUT2D eigenvalue weighted by atomic mass is 10.2. The highest BCUT2D eigenvalue weighted by molar-refractivity contribution is 5.94. The number of hydrogen-bond donors (Lipinski definition) is 0. The summed E-state index contributed by atoms with van der Waals surface area (Å²) in [5, 5.41) is 10.7. The monoisotopic (exact) mass is 314 g/mol. The number of carbonyl (C=O) groups is 2. The number of likely N-dealkylation sites (N-methyl/N-ethyl adjacent to an activating group) is 1. The van der Waals surface area contributed by atoms with Gasteiger partial charge in [0.2, 0.25) is 0 Å². The first-order valence-corrected chi connectivity index (χ1v) is 6.71. The van der Waals surface area contributed by atoms with Crippen LogP contribution in [0.5, 0.6) is 5.75 Å². The highest BCUT2D eigenvalue weighted by Crippen LogP contribution is 2.23. The summed E-state index contributed by atoms with van der Waals surface area (Å²) in [6, 6.07) is 12.6. The van der Waals surface area contributed by atoms with Gasteiger partial charge in [0.05, 0.1) is 10.5 Å². The SMILES string of the molecule is CN(C(=O)COc1ccc([N+](=O)[O-])cc1C=O)c1ccccc1. The summed E-state index contributed by atoms with van der Waals surface area (Å²) in [6.45, 7) is -0.288. The number of ether oxygens (including phenoxy) is 1. The molecule has 0 atom stereocenters. The van der Waals surface area contributed by atoms with E-state index in [0.29, 0.717) is 12.0 Å². The number of nitro benzene ring substituents is 1. The van der Waals surface area contributed by atoms with E-state index in [1.54, 1.807) is 31.3 Å². The number of aldehydes is 1. The first-order valence-electron chi connectivity index (χ1n) is 6.71. The van der Waals surface area contributed by atoms with Gasteiger partial charge in [0.25, 0.3) is 11.6 Å². The van der Waals surface area contributed by atoms with Crippen molar-refractivity contribution >= 4 is 23.6 Å². The summed E-state index contributed by atoms with van der Waals surface area (Å²) in [4.78, 5) is 34.6. The van der Waals surface area contributed by atoms with Gasteiger partial charge in [-0.3, -0.25) is 19.7 Å². The smallest absolute Gasteiger partial charge is 0.270 e. The molecule has 0 spiro atoms. The number of carbonyl (C=O) groups excluding carboxylic acids is 2. The predicted molar refractivity (Wildman–Crippen MR) is 83.8 cm³/mol. The Balaban J connectivity index is 2.07. The van der Waals surface area contributed by atoms with Crippen molar-refractivity contribution in [1.82, 2.24) is 0 Å². The summed E-state index contributed by atoms with van der Waals surface area (Å²) >= 11 is 0.